The molecule has 1 aromatic rings. The Morgan fingerprint density at radius 3 is 3.06 bits per heavy atom. The van der Waals surface area contributed by atoms with E-state index in [-0.39, 0.29) is 0 Å². The van der Waals surface area contributed by atoms with E-state index in [0.29, 0.717) is 12.0 Å². The van der Waals surface area contributed by atoms with Crippen molar-refractivity contribution in [1.29, 1.82) is 0 Å². The summed E-state index contributed by atoms with van der Waals surface area (Å²) in [6.07, 6.45) is 4.23. The Morgan fingerprint density at radius 1 is 1.56 bits per heavy atom. The number of aromatic nitrogens is 2. The molecule has 4 heteroatoms. The summed E-state index contributed by atoms with van der Waals surface area (Å²) in [5.41, 5.74) is 7.19. The molecule has 2 atom stereocenters. The minimum absolute atomic E-state index is 0.457. The van der Waals surface area contributed by atoms with Crippen LogP contribution in [0.1, 0.15) is 31.5 Å². The van der Waals surface area contributed by atoms with Crippen LogP contribution in [-0.4, -0.2) is 34.8 Å². The quantitative estimate of drug-likeness (QED) is 0.834. The molecule has 0 amide bonds. The van der Waals surface area contributed by atoms with Gasteiger partial charge >= 0.3 is 0 Å². The molecule has 0 saturated carbocycles. The zero-order chi connectivity index (χ0) is 11.5. The van der Waals surface area contributed by atoms with E-state index in [9.17, 15) is 0 Å². The van der Waals surface area contributed by atoms with Crippen LogP contribution < -0.4 is 5.73 Å². The second-order valence-corrected chi connectivity index (χ2v) is 4.69. The van der Waals surface area contributed by atoms with Crippen molar-refractivity contribution in [2.75, 3.05) is 20.1 Å². The van der Waals surface area contributed by atoms with Gasteiger partial charge in [-0.15, -0.1) is 0 Å². The molecule has 0 spiro atoms. The van der Waals surface area contributed by atoms with Crippen LogP contribution in [0.5, 0.6) is 0 Å². The average molecular weight is 222 g/mol. The standard InChI is InChI=1S/C12H22N4/c1-3-7-16-11(4-6-14-16)12-10(9-13)5-8-15(12)2/h4,6,10,12H,3,5,7-9,13H2,1-2H3. The van der Waals surface area contributed by atoms with Gasteiger partial charge in [0.1, 0.15) is 0 Å². The fourth-order valence-corrected chi connectivity index (χ4v) is 2.73. The fourth-order valence-electron chi connectivity index (χ4n) is 2.73. The van der Waals surface area contributed by atoms with Gasteiger partial charge in [0.05, 0.1) is 11.7 Å². The molecular weight excluding hydrogens is 200 g/mol. The highest BCUT2D eigenvalue weighted by Crippen LogP contribution is 2.35. The van der Waals surface area contributed by atoms with Crippen LogP contribution in [0.4, 0.5) is 0 Å². The number of hydrogen-bond donors (Lipinski definition) is 1. The molecule has 2 N–H and O–H groups in total. The molecule has 0 bridgehead atoms. The second-order valence-electron chi connectivity index (χ2n) is 4.69. The van der Waals surface area contributed by atoms with Crippen LogP contribution in [-0.2, 0) is 6.54 Å². The molecule has 2 unspecified atom stereocenters. The lowest BCUT2D eigenvalue weighted by Gasteiger charge is -2.25. The van der Waals surface area contributed by atoms with E-state index in [1.807, 2.05) is 6.20 Å². The zero-order valence-corrected chi connectivity index (χ0v) is 10.3. The maximum absolute atomic E-state index is 5.86. The van der Waals surface area contributed by atoms with Crippen molar-refractivity contribution in [1.82, 2.24) is 14.7 Å². The lowest BCUT2D eigenvalue weighted by Crippen LogP contribution is -2.27. The Balaban J connectivity index is 2.23. The van der Waals surface area contributed by atoms with Gasteiger partial charge in [-0.2, -0.15) is 5.10 Å². The molecule has 2 heterocycles. The third kappa shape index (κ3) is 1.99. The number of hydrogen-bond acceptors (Lipinski definition) is 3. The van der Waals surface area contributed by atoms with Gasteiger partial charge in [0.15, 0.2) is 0 Å². The number of aryl methyl sites for hydroxylation is 1. The van der Waals surface area contributed by atoms with Gasteiger partial charge in [0.25, 0.3) is 0 Å². The molecule has 1 saturated heterocycles. The second kappa shape index (κ2) is 4.97. The van der Waals surface area contributed by atoms with Gasteiger partial charge < -0.3 is 5.73 Å². The molecule has 1 aliphatic rings. The lowest BCUT2D eigenvalue weighted by molar-refractivity contribution is 0.263. The number of nitrogens with zero attached hydrogens (tertiary/aromatic N) is 3. The Hall–Kier alpha value is -0.870. The van der Waals surface area contributed by atoms with Crippen molar-refractivity contribution in [2.45, 2.75) is 32.4 Å². The van der Waals surface area contributed by atoms with Crippen molar-refractivity contribution >= 4 is 0 Å². The maximum atomic E-state index is 5.86. The van der Waals surface area contributed by atoms with Crippen LogP contribution in [0.3, 0.4) is 0 Å². The summed E-state index contributed by atoms with van der Waals surface area (Å²) < 4.78 is 2.13. The number of likely N-dealkylation sites (tertiary alicyclic amines) is 1. The summed E-state index contributed by atoms with van der Waals surface area (Å²) in [4.78, 5) is 2.40. The predicted octanol–water partition coefficient (Wildman–Crippen LogP) is 1.24. The predicted molar refractivity (Wildman–Crippen MR) is 65.1 cm³/mol. The number of nitrogens with two attached hydrogens (primary N) is 1. The monoisotopic (exact) mass is 222 g/mol. The van der Waals surface area contributed by atoms with Gasteiger partial charge in [0.2, 0.25) is 0 Å². The summed E-state index contributed by atoms with van der Waals surface area (Å²) in [7, 11) is 2.18. The fraction of sp³-hybridized carbons (Fsp3) is 0.750. The molecule has 0 aliphatic carbocycles. The van der Waals surface area contributed by atoms with Crippen LogP contribution in [0.25, 0.3) is 0 Å². The minimum Gasteiger partial charge on any atom is -0.330 e. The summed E-state index contributed by atoms with van der Waals surface area (Å²) >= 11 is 0. The van der Waals surface area contributed by atoms with Crippen molar-refractivity contribution < 1.29 is 0 Å². The molecule has 2 rings (SSSR count). The summed E-state index contributed by atoms with van der Waals surface area (Å²) in [5, 5.41) is 4.40. The van der Waals surface area contributed by atoms with E-state index < -0.39 is 0 Å². The maximum Gasteiger partial charge on any atom is 0.0559 e. The Kier molecular flexibility index (Phi) is 3.61. The van der Waals surface area contributed by atoms with Crippen molar-refractivity contribution in [3.8, 4) is 0 Å². The minimum atomic E-state index is 0.457. The number of rotatable bonds is 4. The van der Waals surface area contributed by atoms with Gasteiger partial charge in [-0.3, -0.25) is 9.58 Å². The lowest BCUT2D eigenvalue weighted by atomic mass is 9.98. The topological polar surface area (TPSA) is 47.1 Å². The van der Waals surface area contributed by atoms with Gasteiger partial charge in [-0.25, -0.2) is 0 Å². The molecule has 4 nitrogen and oxygen atoms in total. The van der Waals surface area contributed by atoms with Crippen LogP contribution >= 0.6 is 0 Å². The van der Waals surface area contributed by atoms with Crippen LogP contribution in [0.2, 0.25) is 0 Å². The highest BCUT2D eigenvalue weighted by molar-refractivity contribution is 5.11. The van der Waals surface area contributed by atoms with E-state index in [1.165, 1.54) is 12.1 Å². The van der Waals surface area contributed by atoms with E-state index in [4.69, 9.17) is 5.73 Å². The smallest absolute Gasteiger partial charge is 0.0559 e. The van der Waals surface area contributed by atoms with E-state index >= 15 is 0 Å². The van der Waals surface area contributed by atoms with Gasteiger partial charge in [-0.1, -0.05) is 6.92 Å². The van der Waals surface area contributed by atoms with Crippen LogP contribution in [0, 0.1) is 5.92 Å². The largest absolute Gasteiger partial charge is 0.330 e. The Labute approximate surface area is 97.4 Å². The normalized spacial score (nSPS) is 26.4. The van der Waals surface area contributed by atoms with E-state index in [1.54, 1.807) is 0 Å². The summed E-state index contributed by atoms with van der Waals surface area (Å²) in [6, 6.07) is 2.60. The SMILES string of the molecule is CCCn1nccc1C1C(CN)CCN1C. The van der Waals surface area contributed by atoms with Gasteiger partial charge in [0, 0.05) is 12.7 Å². The first-order valence-corrected chi connectivity index (χ1v) is 6.20. The zero-order valence-electron chi connectivity index (χ0n) is 10.3. The molecule has 1 aliphatic heterocycles. The van der Waals surface area contributed by atoms with Gasteiger partial charge in [-0.05, 0) is 45.0 Å². The Bertz CT molecular complexity index is 334. The Morgan fingerprint density at radius 2 is 2.38 bits per heavy atom. The molecule has 1 aromatic heterocycles. The van der Waals surface area contributed by atoms with Crippen molar-refractivity contribution in [2.24, 2.45) is 11.7 Å². The first-order chi connectivity index (χ1) is 7.77. The molecule has 1 fully saturated rings. The first kappa shape index (κ1) is 11.6. The first-order valence-electron chi connectivity index (χ1n) is 6.20. The third-order valence-corrected chi connectivity index (χ3v) is 3.56. The molecule has 90 valence electrons. The third-order valence-electron chi connectivity index (χ3n) is 3.56. The van der Waals surface area contributed by atoms with E-state index in [0.717, 1.165) is 26.1 Å². The summed E-state index contributed by atoms with van der Waals surface area (Å²) in [5.74, 6) is 0.581. The highest BCUT2D eigenvalue weighted by Gasteiger charge is 2.33. The van der Waals surface area contributed by atoms with Crippen molar-refractivity contribution in [3.63, 3.8) is 0 Å². The van der Waals surface area contributed by atoms with Crippen molar-refractivity contribution in [3.05, 3.63) is 18.0 Å². The highest BCUT2D eigenvalue weighted by atomic mass is 15.3. The van der Waals surface area contributed by atoms with Crippen LogP contribution in [0.15, 0.2) is 12.3 Å². The summed E-state index contributed by atoms with van der Waals surface area (Å²) in [6.45, 7) is 5.10. The average Bonchev–Trinajstić information content (AvgIpc) is 2.85. The molecular formula is C12H22N4. The molecule has 16 heavy (non-hydrogen) atoms. The molecule has 0 aromatic carbocycles. The molecule has 0 radical (unpaired) electrons. The van der Waals surface area contributed by atoms with E-state index in [2.05, 4.69) is 34.7 Å².